The third-order valence-electron chi connectivity index (χ3n) is 5.61. The summed E-state index contributed by atoms with van der Waals surface area (Å²) in [4.78, 5) is 26.0. The molecule has 0 saturated carbocycles. The molecule has 0 fully saturated rings. The van der Waals surface area contributed by atoms with Crippen molar-refractivity contribution >= 4 is 17.9 Å². The maximum atomic E-state index is 13.2. The second-order valence-corrected chi connectivity index (χ2v) is 7.88. The number of nitrogens with one attached hydrogen (secondary N) is 2. The Balaban J connectivity index is 1.56. The van der Waals surface area contributed by atoms with Gasteiger partial charge in [-0.1, -0.05) is 23.8 Å². The van der Waals surface area contributed by atoms with Crippen LogP contribution in [0.3, 0.4) is 0 Å². The first-order valence-electron chi connectivity index (χ1n) is 10.6. The van der Waals surface area contributed by atoms with E-state index in [-0.39, 0.29) is 23.6 Å². The molecule has 0 bridgehead atoms. The first-order valence-corrected chi connectivity index (χ1v) is 10.6. The summed E-state index contributed by atoms with van der Waals surface area (Å²) in [6, 6.07) is 16.4. The molecule has 6 nitrogen and oxygen atoms in total. The molecular weight excluding hydrogens is 404 g/mol. The van der Waals surface area contributed by atoms with Crippen LogP contribution in [0, 0.1) is 6.92 Å². The zero-order valence-corrected chi connectivity index (χ0v) is 18.2. The summed E-state index contributed by atoms with van der Waals surface area (Å²) in [5.74, 6) is 0.565. The van der Waals surface area contributed by atoms with E-state index in [1.807, 2.05) is 37.3 Å². The molecule has 0 unspecified atom stereocenters. The van der Waals surface area contributed by atoms with Gasteiger partial charge in [-0.05, 0) is 73.7 Å². The average molecular weight is 431 g/mol. The number of amides is 2. The Hall–Kier alpha value is -3.80. The molecular formula is C26H26N2O4. The molecule has 1 aliphatic rings. The number of methoxy groups -OCH3 is 1. The van der Waals surface area contributed by atoms with Crippen LogP contribution in [0.25, 0.3) is 6.08 Å². The predicted molar refractivity (Wildman–Crippen MR) is 122 cm³/mol. The third kappa shape index (κ3) is 4.91. The second-order valence-electron chi connectivity index (χ2n) is 7.88. The Morgan fingerprint density at radius 3 is 2.66 bits per heavy atom. The van der Waals surface area contributed by atoms with E-state index < -0.39 is 0 Å². The lowest BCUT2D eigenvalue weighted by atomic mass is 9.87. The van der Waals surface area contributed by atoms with Crippen molar-refractivity contribution < 1.29 is 18.7 Å². The van der Waals surface area contributed by atoms with E-state index in [4.69, 9.17) is 9.15 Å². The number of aryl methyl sites for hydroxylation is 2. The van der Waals surface area contributed by atoms with Gasteiger partial charge in [-0.2, -0.15) is 0 Å². The Bertz CT molecular complexity index is 1130. The average Bonchev–Trinajstić information content (AvgIpc) is 3.32. The fourth-order valence-corrected chi connectivity index (χ4v) is 3.88. The van der Waals surface area contributed by atoms with Crippen LogP contribution < -0.4 is 15.4 Å². The number of rotatable bonds is 6. The van der Waals surface area contributed by atoms with Gasteiger partial charge in [-0.25, -0.2) is 0 Å². The third-order valence-corrected chi connectivity index (χ3v) is 5.61. The fraction of sp³-hybridized carbons (Fsp3) is 0.231. The quantitative estimate of drug-likeness (QED) is 0.562. The van der Waals surface area contributed by atoms with Crippen molar-refractivity contribution in [1.82, 2.24) is 10.6 Å². The van der Waals surface area contributed by atoms with Crippen LogP contribution in [-0.2, 0) is 11.2 Å². The highest BCUT2D eigenvalue weighted by Crippen LogP contribution is 2.32. The Morgan fingerprint density at radius 1 is 1.12 bits per heavy atom. The van der Waals surface area contributed by atoms with Gasteiger partial charge in [0.1, 0.15) is 17.2 Å². The predicted octanol–water partition coefficient (Wildman–Crippen LogP) is 4.56. The molecule has 32 heavy (non-hydrogen) atoms. The number of hydrogen-bond donors (Lipinski definition) is 2. The van der Waals surface area contributed by atoms with Crippen molar-refractivity contribution in [2.45, 2.75) is 32.2 Å². The molecule has 2 N–H and O–H groups in total. The van der Waals surface area contributed by atoms with E-state index in [1.165, 1.54) is 11.8 Å². The van der Waals surface area contributed by atoms with Crippen molar-refractivity contribution in [2.24, 2.45) is 0 Å². The fourth-order valence-electron chi connectivity index (χ4n) is 3.88. The summed E-state index contributed by atoms with van der Waals surface area (Å²) in [5.41, 5.74) is 3.90. The van der Waals surface area contributed by atoms with Gasteiger partial charge in [0.2, 0.25) is 0 Å². The molecule has 164 valence electrons. The maximum absolute atomic E-state index is 13.2. The van der Waals surface area contributed by atoms with E-state index in [0.29, 0.717) is 11.3 Å². The molecule has 3 aromatic rings. The Morgan fingerprint density at radius 2 is 1.94 bits per heavy atom. The lowest BCUT2D eigenvalue weighted by Crippen LogP contribution is -2.37. The SMILES string of the molecule is COc1ccc2c(c1)CCC[C@H]2NC(=O)/C(=C/c1ccco1)NC(=O)c1ccc(C)cc1. The van der Waals surface area contributed by atoms with Crippen molar-refractivity contribution in [3.05, 3.63) is 94.6 Å². The number of hydrogen-bond acceptors (Lipinski definition) is 4. The van der Waals surface area contributed by atoms with E-state index in [9.17, 15) is 9.59 Å². The molecule has 4 rings (SSSR count). The molecule has 1 heterocycles. The molecule has 2 aromatic carbocycles. The normalized spacial score (nSPS) is 15.6. The molecule has 1 aliphatic carbocycles. The summed E-state index contributed by atoms with van der Waals surface area (Å²) >= 11 is 0. The van der Waals surface area contributed by atoms with E-state index in [1.54, 1.807) is 37.5 Å². The summed E-state index contributed by atoms with van der Waals surface area (Å²) < 4.78 is 10.7. The van der Waals surface area contributed by atoms with E-state index >= 15 is 0 Å². The minimum absolute atomic E-state index is 0.131. The summed E-state index contributed by atoms with van der Waals surface area (Å²) in [6.45, 7) is 1.95. The molecule has 0 spiro atoms. The van der Waals surface area contributed by atoms with Gasteiger partial charge in [0.05, 0.1) is 19.4 Å². The zero-order chi connectivity index (χ0) is 22.5. The molecule has 0 saturated heterocycles. The summed E-state index contributed by atoms with van der Waals surface area (Å²) in [5, 5.41) is 5.84. The van der Waals surface area contributed by atoms with E-state index in [0.717, 1.165) is 36.1 Å². The standard InChI is InChI=1S/C26H26N2O4/c1-17-8-10-18(11-9-17)25(29)28-24(16-21-6-4-14-32-21)26(30)27-23-7-3-5-19-15-20(31-2)12-13-22(19)23/h4,6,8-16,23H,3,5,7H2,1-2H3,(H,27,30)(H,28,29)/b24-16-/t23-/m1/s1. The first kappa shape index (κ1) is 21.4. The number of carbonyl (C=O) groups excluding carboxylic acids is 2. The molecule has 2 amide bonds. The second kappa shape index (κ2) is 9.56. The van der Waals surface area contributed by atoms with Gasteiger partial charge in [0.25, 0.3) is 11.8 Å². The minimum atomic E-state index is -0.365. The van der Waals surface area contributed by atoms with Gasteiger partial charge in [0, 0.05) is 11.6 Å². The number of carbonyl (C=O) groups is 2. The first-order chi connectivity index (χ1) is 15.5. The number of benzene rings is 2. The summed E-state index contributed by atoms with van der Waals surface area (Å²) in [6.07, 6.45) is 5.79. The highest BCUT2D eigenvalue weighted by molar-refractivity contribution is 6.05. The maximum Gasteiger partial charge on any atom is 0.268 e. The number of ether oxygens (including phenoxy) is 1. The number of fused-ring (bicyclic) bond motifs is 1. The highest BCUT2D eigenvalue weighted by Gasteiger charge is 2.24. The van der Waals surface area contributed by atoms with Crippen LogP contribution in [-0.4, -0.2) is 18.9 Å². The van der Waals surface area contributed by atoms with Crippen molar-refractivity contribution in [3.63, 3.8) is 0 Å². The van der Waals surface area contributed by atoms with Crippen LogP contribution in [0.5, 0.6) is 5.75 Å². The lowest BCUT2D eigenvalue weighted by molar-refractivity contribution is -0.118. The molecule has 0 aliphatic heterocycles. The van der Waals surface area contributed by atoms with Crippen LogP contribution in [0.2, 0.25) is 0 Å². The topological polar surface area (TPSA) is 80.6 Å². The van der Waals surface area contributed by atoms with Gasteiger partial charge in [0.15, 0.2) is 0 Å². The van der Waals surface area contributed by atoms with Crippen LogP contribution >= 0.6 is 0 Å². The van der Waals surface area contributed by atoms with Gasteiger partial charge in [-0.15, -0.1) is 0 Å². The van der Waals surface area contributed by atoms with E-state index in [2.05, 4.69) is 10.6 Å². The highest BCUT2D eigenvalue weighted by atomic mass is 16.5. The van der Waals surface area contributed by atoms with Crippen molar-refractivity contribution in [1.29, 1.82) is 0 Å². The lowest BCUT2D eigenvalue weighted by Gasteiger charge is -2.27. The van der Waals surface area contributed by atoms with Crippen molar-refractivity contribution in [2.75, 3.05) is 7.11 Å². The van der Waals surface area contributed by atoms with Gasteiger partial charge in [-0.3, -0.25) is 9.59 Å². The Labute approximate surface area is 187 Å². The zero-order valence-electron chi connectivity index (χ0n) is 18.2. The van der Waals surface area contributed by atoms with Crippen molar-refractivity contribution in [3.8, 4) is 5.75 Å². The smallest absolute Gasteiger partial charge is 0.268 e. The molecule has 6 heteroatoms. The monoisotopic (exact) mass is 430 g/mol. The largest absolute Gasteiger partial charge is 0.497 e. The number of furan rings is 1. The molecule has 1 aromatic heterocycles. The minimum Gasteiger partial charge on any atom is -0.497 e. The Kier molecular flexibility index (Phi) is 6.40. The van der Waals surface area contributed by atoms with Gasteiger partial charge >= 0.3 is 0 Å². The molecule has 0 radical (unpaired) electrons. The van der Waals surface area contributed by atoms with Crippen LogP contribution in [0.4, 0.5) is 0 Å². The van der Waals surface area contributed by atoms with Crippen LogP contribution in [0.1, 0.15) is 51.7 Å². The van der Waals surface area contributed by atoms with Gasteiger partial charge < -0.3 is 19.8 Å². The molecule has 1 atom stereocenters. The summed E-state index contributed by atoms with van der Waals surface area (Å²) in [7, 11) is 1.65. The van der Waals surface area contributed by atoms with Crippen LogP contribution in [0.15, 0.2) is 71.0 Å².